The highest BCUT2D eigenvalue weighted by Crippen LogP contribution is 2.39. The van der Waals surface area contributed by atoms with Crippen LogP contribution in [0.2, 0.25) is 0 Å². The maximum atomic E-state index is 12.7. The van der Waals surface area contributed by atoms with E-state index in [-0.39, 0.29) is 11.7 Å². The summed E-state index contributed by atoms with van der Waals surface area (Å²) < 4.78 is 0. The first kappa shape index (κ1) is 14.0. The largest absolute Gasteiger partial charge is 0.294 e. The van der Waals surface area contributed by atoms with E-state index in [0.717, 1.165) is 21.9 Å². The van der Waals surface area contributed by atoms with Crippen molar-refractivity contribution < 1.29 is 4.79 Å². The molecule has 112 valence electrons. The average molecular weight is 298 g/mol. The fourth-order valence-electron chi connectivity index (χ4n) is 3.56. The van der Waals surface area contributed by atoms with Gasteiger partial charge in [0, 0.05) is 17.9 Å². The number of ketones is 1. The van der Waals surface area contributed by atoms with Crippen LogP contribution in [0.4, 0.5) is 0 Å². The van der Waals surface area contributed by atoms with Crippen LogP contribution in [-0.2, 0) is 0 Å². The van der Waals surface area contributed by atoms with Crippen molar-refractivity contribution in [1.29, 1.82) is 0 Å². The molecule has 1 aliphatic rings. The van der Waals surface area contributed by atoms with Gasteiger partial charge < -0.3 is 0 Å². The molecule has 0 heterocycles. The van der Waals surface area contributed by atoms with Crippen LogP contribution in [0.1, 0.15) is 46.3 Å². The maximum absolute atomic E-state index is 12.7. The van der Waals surface area contributed by atoms with Crippen LogP contribution in [0.5, 0.6) is 0 Å². The number of rotatable bonds is 3. The first-order chi connectivity index (χ1) is 11.3. The minimum absolute atomic E-state index is 0.168. The van der Waals surface area contributed by atoms with E-state index in [9.17, 15) is 4.79 Å². The van der Waals surface area contributed by atoms with Gasteiger partial charge in [-0.1, -0.05) is 79.7 Å². The number of benzene rings is 3. The summed E-state index contributed by atoms with van der Waals surface area (Å²) in [7, 11) is 0. The van der Waals surface area contributed by atoms with Crippen LogP contribution < -0.4 is 0 Å². The van der Waals surface area contributed by atoms with Gasteiger partial charge >= 0.3 is 0 Å². The Kier molecular flexibility index (Phi) is 3.34. The molecule has 1 atom stereocenters. The number of allylic oxidation sites excluding steroid dienone is 1. The number of hydrogen-bond donors (Lipinski definition) is 0. The highest BCUT2D eigenvalue weighted by molar-refractivity contribution is 6.09. The molecule has 23 heavy (non-hydrogen) atoms. The molecule has 0 saturated heterocycles. The third kappa shape index (κ3) is 2.20. The van der Waals surface area contributed by atoms with Crippen molar-refractivity contribution in [2.24, 2.45) is 0 Å². The van der Waals surface area contributed by atoms with Crippen molar-refractivity contribution in [3.63, 3.8) is 0 Å². The Hall–Kier alpha value is -2.67. The fourth-order valence-corrected chi connectivity index (χ4v) is 3.56. The van der Waals surface area contributed by atoms with Crippen LogP contribution in [0.25, 0.3) is 16.8 Å². The topological polar surface area (TPSA) is 17.1 Å². The lowest BCUT2D eigenvalue weighted by Crippen LogP contribution is -2.07. The highest BCUT2D eigenvalue weighted by Gasteiger charge is 2.24. The van der Waals surface area contributed by atoms with Gasteiger partial charge in [-0.15, -0.1) is 0 Å². The second kappa shape index (κ2) is 5.51. The van der Waals surface area contributed by atoms with Crippen molar-refractivity contribution >= 4 is 22.6 Å². The second-order valence-electron chi connectivity index (χ2n) is 5.99. The summed E-state index contributed by atoms with van der Waals surface area (Å²) >= 11 is 0. The predicted octanol–water partition coefficient (Wildman–Crippen LogP) is 5.59. The summed E-state index contributed by atoms with van der Waals surface area (Å²) in [5.41, 5.74) is 4.54. The summed E-state index contributed by atoms with van der Waals surface area (Å²) in [6.07, 6.45) is 4.90. The number of hydrogen-bond acceptors (Lipinski definition) is 1. The summed E-state index contributed by atoms with van der Waals surface area (Å²) in [4.78, 5) is 12.7. The van der Waals surface area contributed by atoms with Gasteiger partial charge in [0.15, 0.2) is 5.78 Å². The molecular formula is C22H18O. The van der Waals surface area contributed by atoms with Gasteiger partial charge in [-0.25, -0.2) is 0 Å². The number of carbonyl (C=O) groups excluding carboxylic acids is 1. The molecule has 1 nitrogen and oxygen atoms in total. The van der Waals surface area contributed by atoms with Gasteiger partial charge in [-0.3, -0.25) is 4.79 Å². The van der Waals surface area contributed by atoms with E-state index in [1.807, 2.05) is 19.1 Å². The van der Waals surface area contributed by atoms with Crippen LogP contribution in [0, 0.1) is 0 Å². The molecule has 0 N–H and O–H groups in total. The third-order valence-electron chi connectivity index (χ3n) is 4.70. The quantitative estimate of drug-likeness (QED) is 0.576. The zero-order valence-corrected chi connectivity index (χ0v) is 13.1. The lowest BCUT2D eigenvalue weighted by molar-refractivity contribution is 0.0989. The molecule has 0 amide bonds. The monoisotopic (exact) mass is 298 g/mol. The van der Waals surface area contributed by atoms with Gasteiger partial charge in [0.05, 0.1) is 0 Å². The van der Waals surface area contributed by atoms with Crippen LogP contribution in [0.15, 0.2) is 66.7 Å². The summed E-state index contributed by atoms with van der Waals surface area (Å²) in [6.45, 7) is 1.94. The van der Waals surface area contributed by atoms with Gasteiger partial charge in [0.1, 0.15) is 0 Å². The molecule has 3 aromatic carbocycles. The van der Waals surface area contributed by atoms with Crippen molar-refractivity contribution in [2.75, 3.05) is 0 Å². The Labute approximate surface area is 136 Å². The van der Waals surface area contributed by atoms with E-state index < -0.39 is 0 Å². The second-order valence-corrected chi connectivity index (χ2v) is 5.99. The smallest absolute Gasteiger partial charge is 0.163 e. The van der Waals surface area contributed by atoms with Gasteiger partial charge in [-0.05, 0) is 27.5 Å². The van der Waals surface area contributed by atoms with Crippen molar-refractivity contribution in [2.45, 2.75) is 19.3 Å². The number of fused-ring (bicyclic) bond motifs is 2. The minimum atomic E-state index is 0.168. The lowest BCUT2D eigenvalue weighted by atomic mass is 9.85. The first-order valence-corrected chi connectivity index (χ1v) is 8.11. The lowest BCUT2D eigenvalue weighted by Gasteiger charge is -2.17. The molecule has 0 bridgehead atoms. The molecular weight excluding hydrogens is 280 g/mol. The number of carbonyl (C=O) groups is 1. The summed E-state index contributed by atoms with van der Waals surface area (Å²) in [5.74, 6) is 0.385. The molecule has 0 fully saturated rings. The molecule has 0 radical (unpaired) electrons. The molecule has 1 heteroatoms. The SMILES string of the molecule is CCC(=O)c1c(C2C=Cc3ccccc32)ccc2ccccc12. The summed E-state index contributed by atoms with van der Waals surface area (Å²) in [5, 5.41) is 2.19. The zero-order chi connectivity index (χ0) is 15.8. The van der Waals surface area contributed by atoms with Crippen molar-refractivity contribution in [3.05, 3.63) is 89.0 Å². The Morgan fingerprint density at radius 3 is 2.57 bits per heavy atom. The van der Waals surface area contributed by atoms with Crippen LogP contribution in [-0.4, -0.2) is 5.78 Å². The van der Waals surface area contributed by atoms with E-state index in [1.54, 1.807) is 0 Å². The molecule has 0 aromatic heterocycles. The first-order valence-electron chi connectivity index (χ1n) is 8.11. The Morgan fingerprint density at radius 1 is 0.913 bits per heavy atom. The zero-order valence-electron chi connectivity index (χ0n) is 13.1. The van der Waals surface area contributed by atoms with E-state index in [1.165, 1.54) is 11.1 Å². The molecule has 1 unspecified atom stereocenters. The molecule has 0 aliphatic heterocycles. The maximum Gasteiger partial charge on any atom is 0.163 e. The molecule has 3 aromatic rings. The fraction of sp³-hybridized carbons (Fsp3) is 0.136. The van der Waals surface area contributed by atoms with Gasteiger partial charge in [-0.2, -0.15) is 0 Å². The Balaban J connectivity index is 1.98. The molecule has 0 spiro atoms. The van der Waals surface area contributed by atoms with Gasteiger partial charge in [0.2, 0.25) is 0 Å². The minimum Gasteiger partial charge on any atom is -0.294 e. The highest BCUT2D eigenvalue weighted by atomic mass is 16.1. The molecule has 4 rings (SSSR count). The van der Waals surface area contributed by atoms with E-state index in [2.05, 4.69) is 60.7 Å². The average Bonchev–Trinajstić information content (AvgIpc) is 3.04. The predicted molar refractivity (Wildman–Crippen MR) is 95.9 cm³/mol. The van der Waals surface area contributed by atoms with E-state index >= 15 is 0 Å². The third-order valence-corrected chi connectivity index (χ3v) is 4.70. The van der Waals surface area contributed by atoms with E-state index in [4.69, 9.17) is 0 Å². The normalized spacial score (nSPS) is 15.8. The summed E-state index contributed by atoms with van der Waals surface area (Å²) in [6, 6.07) is 20.9. The Bertz CT molecular complexity index is 934. The van der Waals surface area contributed by atoms with E-state index in [0.29, 0.717) is 6.42 Å². The van der Waals surface area contributed by atoms with Crippen molar-refractivity contribution in [3.8, 4) is 0 Å². The van der Waals surface area contributed by atoms with Crippen molar-refractivity contribution in [1.82, 2.24) is 0 Å². The Morgan fingerprint density at radius 2 is 1.70 bits per heavy atom. The van der Waals surface area contributed by atoms with Crippen LogP contribution >= 0.6 is 0 Å². The number of Topliss-reactive ketones (excluding diaryl/α,β-unsaturated/α-hetero) is 1. The molecule has 0 saturated carbocycles. The standard InChI is InChI=1S/C22H18O/c1-2-21(23)22-18-10-6-4-8-16(18)12-14-20(22)19-13-11-15-7-3-5-9-17(15)19/h3-14,19H,2H2,1H3. The van der Waals surface area contributed by atoms with Crippen LogP contribution in [0.3, 0.4) is 0 Å². The van der Waals surface area contributed by atoms with Gasteiger partial charge in [0.25, 0.3) is 0 Å². The molecule has 1 aliphatic carbocycles.